The van der Waals surface area contributed by atoms with Gasteiger partial charge < -0.3 is 62.3 Å². The normalized spacial score (nSPS) is 17.8. The van der Waals surface area contributed by atoms with Crippen LogP contribution in [0, 0.1) is 0 Å². The van der Waals surface area contributed by atoms with Gasteiger partial charge in [0.15, 0.2) is 0 Å². The molecule has 10 N–H and O–H groups in total. The number of imidazole rings is 2. The van der Waals surface area contributed by atoms with E-state index in [2.05, 4.69) is 120 Å². The van der Waals surface area contributed by atoms with Crippen LogP contribution in [-0.2, 0) is 26.1 Å². The molecule has 7 aromatic rings. The van der Waals surface area contributed by atoms with E-state index in [4.69, 9.17) is 28.7 Å². The number of hydrogen-bond donors (Lipinski definition) is 5. The third kappa shape index (κ3) is 15.5. The van der Waals surface area contributed by atoms with E-state index >= 15 is 0 Å². The summed E-state index contributed by atoms with van der Waals surface area (Å²) in [5, 5.41) is 0. The molecule has 0 spiro atoms. The number of hydrogen-bond acceptors (Lipinski definition) is 19. The maximum atomic E-state index is 5.96. The first kappa shape index (κ1) is 58.4. The lowest BCUT2D eigenvalue weighted by Crippen LogP contribution is -2.53. The SMILES string of the molecule is CC(C)(C)N1CCN(c2ccncc2N)CC1.CC(C)N1CCN(c2ccncc2N)CC1.CCN1CCN(c2ccncc2N)CC1.Nc1cnccc1C1CCn2cncc2C1.Nc1cnccc1N1CCn2ccnc2C1. The van der Waals surface area contributed by atoms with E-state index in [-0.39, 0.29) is 5.54 Å². The van der Waals surface area contributed by atoms with Crippen molar-refractivity contribution < 1.29 is 0 Å². The number of piperazine rings is 3. The summed E-state index contributed by atoms with van der Waals surface area (Å²) in [6.45, 7) is 31.3. The summed E-state index contributed by atoms with van der Waals surface area (Å²) in [5.41, 5.74) is 40.7. The van der Waals surface area contributed by atoms with Crippen LogP contribution in [0.25, 0.3) is 0 Å². The van der Waals surface area contributed by atoms with Gasteiger partial charge in [-0.2, -0.15) is 0 Å². The predicted molar refractivity (Wildman–Crippen MR) is 327 cm³/mol. The third-order valence-electron chi connectivity index (χ3n) is 15.8. The van der Waals surface area contributed by atoms with Crippen LogP contribution in [0.5, 0.6) is 0 Å². The quantitative estimate of drug-likeness (QED) is 0.122. The summed E-state index contributed by atoms with van der Waals surface area (Å²) >= 11 is 0. The number of fused-ring (bicyclic) bond motifs is 2. The number of nitrogen functional groups attached to an aromatic ring is 5. The number of rotatable bonds is 7. The lowest BCUT2D eigenvalue weighted by molar-refractivity contribution is 0.128. The van der Waals surface area contributed by atoms with Crippen molar-refractivity contribution in [1.82, 2.24) is 58.7 Å². The lowest BCUT2D eigenvalue weighted by atomic mass is 9.89. The third-order valence-corrected chi connectivity index (χ3v) is 15.8. The number of pyridine rings is 5. The maximum absolute atomic E-state index is 5.96. The summed E-state index contributed by atoms with van der Waals surface area (Å²) in [5.74, 6) is 1.59. The molecule has 0 amide bonds. The van der Waals surface area contributed by atoms with Gasteiger partial charge in [0.25, 0.3) is 0 Å². The van der Waals surface area contributed by atoms with Crippen LogP contribution in [0.4, 0.5) is 51.2 Å². The summed E-state index contributed by atoms with van der Waals surface area (Å²) in [4.78, 5) is 45.3. The van der Waals surface area contributed by atoms with Crippen molar-refractivity contribution in [3.63, 3.8) is 0 Å². The molecule has 21 heteroatoms. The van der Waals surface area contributed by atoms with Gasteiger partial charge in [0.05, 0.1) is 95.0 Å². The molecule has 0 saturated carbocycles. The number of aryl methyl sites for hydroxylation is 1. The van der Waals surface area contributed by atoms with Gasteiger partial charge in [-0.05, 0) is 95.8 Å². The Labute approximate surface area is 473 Å². The second kappa shape index (κ2) is 27.9. The minimum absolute atomic E-state index is 0.260. The Kier molecular flexibility index (Phi) is 20.4. The number of anilines is 9. The first-order valence-corrected chi connectivity index (χ1v) is 28.3. The van der Waals surface area contributed by atoms with E-state index in [0.29, 0.717) is 12.0 Å². The van der Waals surface area contributed by atoms with Gasteiger partial charge in [-0.25, -0.2) is 9.97 Å². The van der Waals surface area contributed by atoms with Crippen LogP contribution in [-0.4, -0.2) is 162 Å². The second-order valence-electron chi connectivity index (χ2n) is 22.2. The average molecular weight is 1090 g/mol. The van der Waals surface area contributed by atoms with Gasteiger partial charge in [0.2, 0.25) is 0 Å². The highest BCUT2D eigenvalue weighted by atomic mass is 15.3. The highest BCUT2D eigenvalue weighted by molar-refractivity contribution is 5.68. The Morgan fingerprint density at radius 1 is 0.500 bits per heavy atom. The first-order valence-electron chi connectivity index (χ1n) is 28.3. The van der Waals surface area contributed by atoms with Crippen molar-refractivity contribution in [3.8, 4) is 0 Å². The van der Waals surface area contributed by atoms with Crippen molar-refractivity contribution in [2.45, 2.75) is 91.5 Å². The molecule has 12 heterocycles. The molecule has 12 rings (SSSR count). The zero-order valence-electron chi connectivity index (χ0n) is 48.1. The van der Waals surface area contributed by atoms with E-state index < -0.39 is 0 Å². The number of nitrogens with two attached hydrogens (primary N) is 5. The van der Waals surface area contributed by atoms with E-state index in [0.717, 1.165) is 181 Å². The van der Waals surface area contributed by atoms with Crippen LogP contribution >= 0.6 is 0 Å². The largest absolute Gasteiger partial charge is 0.397 e. The molecular formula is C59H87N21. The Hall–Kier alpha value is -7.75. The van der Waals surface area contributed by atoms with Crippen LogP contribution in [0.3, 0.4) is 0 Å². The Bertz CT molecular complexity index is 2870. The monoisotopic (exact) mass is 1090 g/mol. The molecule has 5 aliphatic rings. The van der Waals surface area contributed by atoms with Crippen molar-refractivity contribution in [2.24, 2.45) is 0 Å². The molecule has 5 aliphatic heterocycles. The second-order valence-corrected chi connectivity index (χ2v) is 22.2. The Morgan fingerprint density at radius 3 is 1.44 bits per heavy atom. The minimum atomic E-state index is 0.260. The fourth-order valence-electron chi connectivity index (χ4n) is 11.0. The molecule has 0 aromatic carbocycles. The molecule has 21 nitrogen and oxygen atoms in total. The molecule has 1 atom stereocenters. The van der Waals surface area contributed by atoms with Crippen molar-refractivity contribution in [3.05, 3.63) is 134 Å². The van der Waals surface area contributed by atoms with Crippen LogP contribution in [0.1, 0.15) is 71.0 Å². The number of nitrogens with zero attached hydrogens (tertiary/aromatic N) is 16. The van der Waals surface area contributed by atoms with Gasteiger partial charge in [-0.1, -0.05) is 6.92 Å². The summed E-state index contributed by atoms with van der Waals surface area (Å²) in [6.07, 6.45) is 27.5. The molecule has 80 heavy (non-hydrogen) atoms. The molecule has 428 valence electrons. The van der Waals surface area contributed by atoms with Crippen LogP contribution in [0.15, 0.2) is 117 Å². The maximum Gasteiger partial charge on any atom is 0.128 e. The van der Waals surface area contributed by atoms with Gasteiger partial charge in [0.1, 0.15) is 5.82 Å². The molecular weight excluding hydrogens is 1000 g/mol. The van der Waals surface area contributed by atoms with Gasteiger partial charge in [0, 0.05) is 165 Å². The van der Waals surface area contributed by atoms with Crippen LogP contribution in [0.2, 0.25) is 0 Å². The van der Waals surface area contributed by atoms with E-state index in [1.165, 1.54) is 11.3 Å². The number of aromatic nitrogens is 9. The predicted octanol–water partition coefficient (Wildman–Crippen LogP) is 6.06. The summed E-state index contributed by atoms with van der Waals surface area (Å²) in [6, 6.07) is 10.6. The highest BCUT2D eigenvalue weighted by Gasteiger charge is 2.27. The average Bonchev–Trinajstić information content (AvgIpc) is 4.17. The molecule has 1 unspecified atom stereocenters. The van der Waals surface area contributed by atoms with Crippen molar-refractivity contribution in [2.75, 3.05) is 140 Å². The standard InChI is InChI=1S/C13H22N4.C12H14N4.C12H20N4.C11H13N5.C11H18N4/c1-13(2,3)17-8-6-16(7-9-17)12-4-5-15-10-11(12)14;13-12-7-14-3-1-11(12)9-2-4-16-8-15-6-10(16)5-9;1-10(2)15-5-7-16(8-6-15)12-3-4-14-9-11(12)13;12-9-7-13-2-1-10(9)16-6-5-15-4-3-14-11(15)8-16;1-2-14-5-7-15(8-6-14)11-3-4-13-9-10(11)12/h4-5,10H,6-9,14H2,1-3H3;1,3,6-9H,2,4-5,13H2;3-4,9-10H,5-8,13H2,1-2H3;1-4,7H,5-6,8,12H2;3-4,9H,2,5-8,12H2,1H3. The zero-order chi connectivity index (χ0) is 56.6. The van der Waals surface area contributed by atoms with E-state index in [9.17, 15) is 0 Å². The highest BCUT2D eigenvalue weighted by Crippen LogP contribution is 2.32. The molecule has 3 fully saturated rings. The number of likely N-dealkylation sites (N-methyl/N-ethyl adjacent to an activating group) is 1. The topological polar surface area (TPSA) is 253 Å². The fourth-order valence-corrected chi connectivity index (χ4v) is 11.0. The molecule has 3 saturated heterocycles. The summed E-state index contributed by atoms with van der Waals surface area (Å²) < 4.78 is 4.39. The Morgan fingerprint density at radius 2 is 0.963 bits per heavy atom. The molecule has 0 aliphatic carbocycles. The van der Waals surface area contributed by atoms with Gasteiger partial charge >= 0.3 is 0 Å². The van der Waals surface area contributed by atoms with Crippen LogP contribution < -0.4 is 48.3 Å². The van der Waals surface area contributed by atoms with Crippen molar-refractivity contribution >= 4 is 51.2 Å². The van der Waals surface area contributed by atoms with Gasteiger partial charge in [-0.3, -0.25) is 34.7 Å². The molecule has 7 aromatic heterocycles. The lowest BCUT2D eigenvalue weighted by Gasteiger charge is -2.43. The molecule has 0 bridgehead atoms. The Balaban J connectivity index is 0.000000131. The summed E-state index contributed by atoms with van der Waals surface area (Å²) in [7, 11) is 0. The smallest absolute Gasteiger partial charge is 0.128 e. The van der Waals surface area contributed by atoms with Gasteiger partial charge in [-0.15, -0.1) is 0 Å². The van der Waals surface area contributed by atoms with E-state index in [1.807, 2.05) is 67.6 Å². The fraction of sp³-hybridized carbons (Fsp3) is 0.475. The van der Waals surface area contributed by atoms with Crippen molar-refractivity contribution in [1.29, 1.82) is 0 Å². The first-order chi connectivity index (χ1) is 38.7. The minimum Gasteiger partial charge on any atom is -0.397 e. The zero-order valence-corrected chi connectivity index (χ0v) is 48.1. The molecule has 0 radical (unpaired) electrons. The van der Waals surface area contributed by atoms with E-state index in [1.54, 1.807) is 49.6 Å².